The van der Waals surface area contributed by atoms with E-state index < -0.39 is 35.2 Å². The van der Waals surface area contributed by atoms with E-state index in [2.05, 4.69) is 4.40 Å². The zero-order chi connectivity index (χ0) is 19.7. The Balaban J connectivity index is 2.20. The monoisotopic (exact) mass is 391 g/mol. The Labute approximate surface area is 150 Å². The van der Waals surface area contributed by atoms with Crippen molar-refractivity contribution < 1.29 is 26.4 Å². The van der Waals surface area contributed by atoms with Crippen molar-refractivity contribution in [2.75, 3.05) is 26.7 Å². The number of fused-ring (bicyclic) bond motifs is 1. The zero-order valence-electron chi connectivity index (χ0n) is 14.6. The van der Waals surface area contributed by atoms with Gasteiger partial charge in [0.25, 0.3) is 10.0 Å². The van der Waals surface area contributed by atoms with E-state index in [1.807, 2.05) is 0 Å². The van der Waals surface area contributed by atoms with Gasteiger partial charge in [0.05, 0.1) is 6.54 Å². The lowest BCUT2D eigenvalue weighted by atomic mass is 10.2. The molecule has 1 aliphatic rings. The van der Waals surface area contributed by atoms with Crippen LogP contribution in [0.3, 0.4) is 0 Å². The Hall–Kier alpha value is -2.10. The number of alkyl halides is 3. The number of carbonyl (C=O) groups is 1. The van der Waals surface area contributed by atoms with E-state index in [4.69, 9.17) is 0 Å². The molecule has 1 heterocycles. The molecule has 2 rings (SSSR count). The first-order chi connectivity index (χ1) is 11.9. The number of amidine groups is 1. The lowest BCUT2D eigenvalue weighted by Crippen LogP contribution is -2.46. The molecule has 144 valence electrons. The number of hydrogen-bond acceptors (Lipinski definition) is 4. The Morgan fingerprint density at radius 2 is 1.85 bits per heavy atom. The molecule has 0 fully saturated rings. The number of likely N-dealkylation sites (N-methyl/N-ethyl adjacent to an activating group) is 1. The van der Waals surface area contributed by atoms with Crippen LogP contribution in [0, 0.1) is 5.92 Å². The van der Waals surface area contributed by atoms with Gasteiger partial charge in [-0.3, -0.25) is 4.79 Å². The second-order valence-corrected chi connectivity index (χ2v) is 8.10. The first-order valence-electron chi connectivity index (χ1n) is 7.91. The van der Waals surface area contributed by atoms with Crippen LogP contribution >= 0.6 is 0 Å². The van der Waals surface area contributed by atoms with Crippen molar-refractivity contribution in [1.29, 1.82) is 0 Å². The molecule has 0 unspecified atom stereocenters. The standard InChI is InChI=1S/C16H20F3N3O3S/c1-11(2)8-22(10-16(17,18)19)14(23)9-21(3)15-12-6-4-5-7-13(12)26(24,25)20-15/h4-7,11H,8-10H2,1-3H3. The topological polar surface area (TPSA) is 70.1 Å². The van der Waals surface area contributed by atoms with Crippen LogP contribution in [0.25, 0.3) is 0 Å². The number of rotatable bonds is 5. The minimum Gasteiger partial charge on any atom is -0.349 e. The van der Waals surface area contributed by atoms with Crippen LogP contribution in [0.15, 0.2) is 33.6 Å². The summed E-state index contributed by atoms with van der Waals surface area (Å²) in [5.41, 5.74) is 0.328. The van der Waals surface area contributed by atoms with Crippen LogP contribution in [-0.2, 0) is 14.8 Å². The van der Waals surface area contributed by atoms with Crippen LogP contribution in [0.4, 0.5) is 13.2 Å². The van der Waals surface area contributed by atoms with Gasteiger partial charge < -0.3 is 9.80 Å². The summed E-state index contributed by atoms with van der Waals surface area (Å²) in [5, 5.41) is 0. The van der Waals surface area contributed by atoms with Gasteiger partial charge in [0.1, 0.15) is 11.4 Å². The highest BCUT2D eigenvalue weighted by molar-refractivity contribution is 7.90. The van der Waals surface area contributed by atoms with Gasteiger partial charge in [-0.15, -0.1) is 4.40 Å². The number of halogens is 3. The van der Waals surface area contributed by atoms with Gasteiger partial charge in [-0.2, -0.15) is 21.6 Å². The van der Waals surface area contributed by atoms with E-state index in [0.29, 0.717) is 5.56 Å². The maximum atomic E-state index is 12.7. The van der Waals surface area contributed by atoms with Crippen LogP contribution in [0.5, 0.6) is 0 Å². The lowest BCUT2D eigenvalue weighted by Gasteiger charge is -2.28. The van der Waals surface area contributed by atoms with Crippen molar-refractivity contribution in [3.05, 3.63) is 29.8 Å². The molecule has 6 nitrogen and oxygen atoms in total. The molecule has 26 heavy (non-hydrogen) atoms. The van der Waals surface area contributed by atoms with Gasteiger partial charge in [0, 0.05) is 19.2 Å². The molecule has 0 aromatic heterocycles. The quantitative estimate of drug-likeness (QED) is 0.771. The second kappa shape index (κ2) is 7.26. The van der Waals surface area contributed by atoms with Crippen LogP contribution in [-0.4, -0.2) is 62.8 Å². The van der Waals surface area contributed by atoms with Gasteiger partial charge in [0.15, 0.2) is 5.84 Å². The molecule has 10 heteroatoms. The molecular weight excluding hydrogens is 371 g/mol. The predicted molar refractivity (Wildman–Crippen MR) is 90.3 cm³/mol. The maximum Gasteiger partial charge on any atom is 0.406 e. The molecule has 0 bridgehead atoms. The largest absolute Gasteiger partial charge is 0.406 e. The molecule has 1 aromatic carbocycles. The summed E-state index contributed by atoms with van der Waals surface area (Å²) >= 11 is 0. The number of sulfonamides is 1. The third-order valence-corrected chi connectivity index (χ3v) is 4.98. The van der Waals surface area contributed by atoms with Crippen molar-refractivity contribution in [2.45, 2.75) is 24.9 Å². The third kappa shape index (κ3) is 4.75. The average molecular weight is 391 g/mol. The summed E-state index contributed by atoms with van der Waals surface area (Å²) in [5.74, 6) is -0.843. The highest BCUT2D eigenvalue weighted by Gasteiger charge is 2.35. The molecule has 1 aromatic rings. The Bertz CT molecular complexity index is 820. The molecule has 0 aliphatic carbocycles. The molecule has 0 radical (unpaired) electrons. The average Bonchev–Trinajstić information content (AvgIpc) is 2.77. The van der Waals surface area contributed by atoms with Gasteiger partial charge in [-0.1, -0.05) is 26.0 Å². The zero-order valence-corrected chi connectivity index (χ0v) is 15.4. The normalized spacial score (nSPS) is 15.6. The minimum absolute atomic E-state index is 0.0172. The number of nitrogens with zero attached hydrogens (tertiary/aromatic N) is 3. The first-order valence-corrected chi connectivity index (χ1v) is 9.35. The van der Waals surface area contributed by atoms with Gasteiger partial charge in [-0.25, -0.2) is 0 Å². The van der Waals surface area contributed by atoms with E-state index >= 15 is 0 Å². The fourth-order valence-electron chi connectivity index (χ4n) is 2.65. The number of hydrogen-bond donors (Lipinski definition) is 0. The Morgan fingerprint density at radius 1 is 1.23 bits per heavy atom. The number of amides is 1. The third-order valence-electron chi connectivity index (χ3n) is 3.65. The van der Waals surface area contributed by atoms with E-state index in [-0.39, 0.29) is 23.2 Å². The van der Waals surface area contributed by atoms with E-state index in [1.165, 1.54) is 18.0 Å². The number of carbonyl (C=O) groups excluding carboxylic acids is 1. The smallest absolute Gasteiger partial charge is 0.349 e. The summed E-state index contributed by atoms with van der Waals surface area (Å²) in [6.07, 6.45) is -4.51. The SMILES string of the molecule is CC(C)CN(CC(F)(F)F)C(=O)CN(C)C1=NS(=O)(=O)c2ccccc21. The van der Waals surface area contributed by atoms with Crippen molar-refractivity contribution in [2.24, 2.45) is 10.3 Å². The summed E-state index contributed by atoms with van der Waals surface area (Å²) in [4.78, 5) is 14.4. The van der Waals surface area contributed by atoms with Gasteiger partial charge >= 0.3 is 6.18 Å². The van der Waals surface area contributed by atoms with Crippen molar-refractivity contribution in [3.8, 4) is 0 Å². The molecule has 0 spiro atoms. The molecular formula is C16H20F3N3O3S. The van der Waals surface area contributed by atoms with E-state index in [1.54, 1.807) is 32.0 Å². The Kier molecular flexibility index (Phi) is 5.64. The molecule has 1 aliphatic heterocycles. The molecule has 1 amide bonds. The molecule has 0 N–H and O–H groups in total. The van der Waals surface area contributed by atoms with Crippen LogP contribution < -0.4 is 0 Å². The Morgan fingerprint density at radius 3 is 2.42 bits per heavy atom. The van der Waals surface area contributed by atoms with E-state index in [9.17, 15) is 26.4 Å². The minimum atomic E-state index is -4.51. The predicted octanol–water partition coefficient (Wildman–Crippen LogP) is 2.11. The van der Waals surface area contributed by atoms with Gasteiger partial charge in [0.2, 0.25) is 5.91 Å². The van der Waals surface area contributed by atoms with Crippen molar-refractivity contribution >= 4 is 21.8 Å². The second-order valence-electron chi connectivity index (χ2n) is 6.53. The van der Waals surface area contributed by atoms with Crippen molar-refractivity contribution in [1.82, 2.24) is 9.80 Å². The maximum absolute atomic E-state index is 12.7. The number of benzene rings is 1. The summed E-state index contributed by atoms with van der Waals surface area (Å²) in [6.45, 7) is 1.62. The van der Waals surface area contributed by atoms with Crippen LogP contribution in [0.2, 0.25) is 0 Å². The fraction of sp³-hybridized carbons (Fsp3) is 0.500. The fourth-order valence-corrected chi connectivity index (χ4v) is 3.90. The highest BCUT2D eigenvalue weighted by atomic mass is 32.2. The highest BCUT2D eigenvalue weighted by Crippen LogP contribution is 2.27. The van der Waals surface area contributed by atoms with Gasteiger partial charge in [-0.05, 0) is 18.1 Å². The molecule has 0 saturated carbocycles. The molecule has 0 saturated heterocycles. The van der Waals surface area contributed by atoms with Crippen LogP contribution in [0.1, 0.15) is 19.4 Å². The summed E-state index contributed by atoms with van der Waals surface area (Å²) in [7, 11) is -2.44. The van der Waals surface area contributed by atoms with E-state index in [0.717, 1.165) is 4.90 Å². The molecule has 0 atom stereocenters. The lowest BCUT2D eigenvalue weighted by molar-refractivity contribution is -0.162. The first kappa shape index (κ1) is 20.2. The summed E-state index contributed by atoms with van der Waals surface area (Å²) in [6, 6.07) is 6.11. The van der Waals surface area contributed by atoms with Crippen molar-refractivity contribution in [3.63, 3.8) is 0 Å². The summed E-state index contributed by atoms with van der Waals surface area (Å²) < 4.78 is 66.0.